The molecule has 5 N–H and O–H groups in total. The van der Waals surface area contributed by atoms with Crippen molar-refractivity contribution in [3.63, 3.8) is 0 Å². The maximum absolute atomic E-state index is 11.8. The van der Waals surface area contributed by atoms with Gasteiger partial charge in [0, 0.05) is 63.3 Å². The summed E-state index contributed by atoms with van der Waals surface area (Å²) in [4.78, 5) is 19.0. The van der Waals surface area contributed by atoms with E-state index in [2.05, 4.69) is 57.0 Å². The normalized spacial score (nSPS) is 16.1. The molecule has 0 amide bonds. The summed E-state index contributed by atoms with van der Waals surface area (Å²) in [7, 11) is 1.89. The Kier molecular flexibility index (Phi) is 5.40. The van der Waals surface area contributed by atoms with E-state index in [1.807, 2.05) is 19.2 Å². The predicted octanol–water partition coefficient (Wildman–Crippen LogP) is 4.73. The molecule has 5 aromatic rings. The van der Waals surface area contributed by atoms with Gasteiger partial charge in [-0.05, 0) is 54.9 Å². The lowest BCUT2D eigenvalue weighted by Gasteiger charge is -2.21. The lowest BCUT2D eigenvalue weighted by Crippen LogP contribution is -2.30. The molecule has 1 aliphatic carbocycles. The van der Waals surface area contributed by atoms with Crippen LogP contribution in [0.15, 0.2) is 66.7 Å². The number of benzene rings is 3. The molecule has 0 fully saturated rings. The van der Waals surface area contributed by atoms with Crippen LogP contribution < -0.4 is 10.6 Å². The summed E-state index contributed by atoms with van der Waals surface area (Å²) in [5.41, 5.74) is 8.49. The Morgan fingerprint density at radius 3 is 2.51 bits per heavy atom. The first kappa shape index (κ1) is 21.6. The van der Waals surface area contributed by atoms with Crippen LogP contribution >= 0.6 is 0 Å². The third-order valence-electron chi connectivity index (χ3n) is 7.28. The first-order chi connectivity index (χ1) is 17.2. The van der Waals surface area contributed by atoms with Crippen molar-refractivity contribution in [1.82, 2.24) is 20.6 Å². The minimum absolute atomic E-state index is 0.143. The Bertz CT molecular complexity index is 1550. The van der Waals surface area contributed by atoms with E-state index in [1.165, 1.54) is 22.2 Å². The van der Waals surface area contributed by atoms with Gasteiger partial charge in [-0.3, -0.25) is 4.79 Å². The molecule has 0 bridgehead atoms. The second-order valence-corrected chi connectivity index (χ2v) is 9.33. The summed E-state index contributed by atoms with van der Waals surface area (Å²) in [5, 5.41) is 19.8. The van der Waals surface area contributed by atoms with E-state index >= 15 is 0 Å². The van der Waals surface area contributed by atoms with Crippen molar-refractivity contribution in [2.75, 3.05) is 7.05 Å². The van der Waals surface area contributed by atoms with Gasteiger partial charge < -0.3 is 25.7 Å². The molecule has 0 saturated heterocycles. The third kappa shape index (κ3) is 3.71. The third-order valence-corrected chi connectivity index (χ3v) is 7.28. The Labute approximate surface area is 203 Å². The van der Waals surface area contributed by atoms with Crippen LogP contribution in [0.3, 0.4) is 0 Å². The van der Waals surface area contributed by atoms with Gasteiger partial charge in [0.1, 0.15) is 12.0 Å². The number of carbonyl (C=O) groups excluding carboxylic acids is 1. The quantitative estimate of drug-likeness (QED) is 0.225. The molecule has 0 radical (unpaired) electrons. The number of phenolic OH excluding ortho intramolecular Hbond substituents is 1. The maximum atomic E-state index is 11.8. The molecule has 2 aromatic heterocycles. The molecule has 1 aliphatic rings. The highest BCUT2D eigenvalue weighted by Gasteiger charge is 2.27. The van der Waals surface area contributed by atoms with Gasteiger partial charge >= 0.3 is 0 Å². The van der Waals surface area contributed by atoms with Gasteiger partial charge in [-0.1, -0.05) is 36.4 Å². The molecular formula is C29H28N4O2. The summed E-state index contributed by atoms with van der Waals surface area (Å²) in [6, 6.07) is 21.7. The number of aromatic nitrogens is 2. The van der Waals surface area contributed by atoms with Gasteiger partial charge in [0.2, 0.25) is 0 Å². The van der Waals surface area contributed by atoms with E-state index in [9.17, 15) is 9.90 Å². The van der Waals surface area contributed by atoms with Crippen LogP contribution in [0, 0.1) is 0 Å². The molecule has 2 unspecified atom stereocenters. The van der Waals surface area contributed by atoms with Crippen LogP contribution in [-0.2, 0) is 19.4 Å². The highest BCUT2D eigenvalue weighted by Crippen LogP contribution is 2.35. The Balaban J connectivity index is 1.33. The van der Waals surface area contributed by atoms with Crippen molar-refractivity contribution in [2.45, 2.75) is 31.5 Å². The van der Waals surface area contributed by atoms with Crippen LogP contribution in [0.25, 0.3) is 21.8 Å². The van der Waals surface area contributed by atoms with E-state index in [1.54, 1.807) is 18.2 Å². The number of nitrogens with one attached hydrogen (secondary N) is 4. The first-order valence-electron chi connectivity index (χ1n) is 12.0. The number of H-pyrrole nitrogens is 2. The number of phenols is 1. The zero-order valence-electron chi connectivity index (χ0n) is 19.6. The number of fused-ring (bicyclic) bond motifs is 4. The molecular weight excluding hydrogens is 436 g/mol. The summed E-state index contributed by atoms with van der Waals surface area (Å²) in [6.45, 7) is 0.671. The lowest BCUT2D eigenvalue weighted by molar-refractivity contribution is 0.112. The molecule has 0 spiro atoms. The molecule has 6 nitrogen and oxygen atoms in total. The highest BCUT2D eigenvalue weighted by atomic mass is 16.3. The predicted molar refractivity (Wildman–Crippen MR) is 139 cm³/mol. The molecule has 3 aromatic carbocycles. The number of aromatic amines is 2. The maximum Gasteiger partial charge on any atom is 0.150 e. The number of hydrogen-bond donors (Lipinski definition) is 5. The number of rotatable bonds is 7. The Morgan fingerprint density at radius 1 is 1.00 bits per heavy atom. The molecule has 35 heavy (non-hydrogen) atoms. The fourth-order valence-corrected chi connectivity index (χ4v) is 5.68. The second-order valence-electron chi connectivity index (χ2n) is 9.33. The Morgan fingerprint density at radius 2 is 1.74 bits per heavy atom. The standard InChI is InChI=1S/C29H28N4O2/c1-30-29(22-14-19(35)11-10-17(22)16-34)28-21-7-3-5-9-25(21)33-27(28)15-31-18-12-23-20-6-2-4-8-24(20)32-26(23)13-18/h2-11,14,16,18,29-33,35H,12-13,15H2,1H3. The van der Waals surface area contributed by atoms with Crippen LogP contribution in [0.1, 0.15) is 44.5 Å². The number of aldehydes is 1. The topological polar surface area (TPSA) is 92.9 Å². The van der Waals surface area contributed by atoms with Crippen molar-refractivity contribution in [1.29, 1.82) is 0 Å². The highest BCUT2D eigenvalue weighted by molar-refractivity contribution is 5.87. The van der Waals surface area contributed by atoms with Crippen molar-refractivity contribution >= 4 is 28.1 Å². The molecule has 176 valence electrons. The van der Waals surface area contributed by atoms with Gasteiger partial charge in [0.05, 0.1) is 6.04 Å². The zero-order chi connectivity index (χ0) is 23.9. The fraction of sp³-hybridized carbons (Fsp3) is 0.207. The van der Waals surface area contributed by atoms with E-state index in [4.69, 9.17) is 0 Å². The van der Waals surface area contributed by atoms with Crippen molar-refractivity contribution < 1.29 is 9.90 Å². The average Bonchev–Trinajstić information content (AvgIpc) is 3.54. The number of hydrogen-bond acceptors (Lipinski definition) is 4. The van der Waals surface area contributed by atoms with Crippen LogP contribution in [0.2, 0.25) is 0 Å². The van der Waals surface area contributed by atoms with Crippen LogP contribution in [0.4, 0.5) is 0 Å². The number of para-hydroxylation sites is 2. The summed E-state index contributed by atoms with van der Waals surface area (Å²) in [5.74, 6) is 0.143. The minimum atomic E-state index is -0.254. The molecule has 6 heteroatoms. The van der Waals surface area contributed by atoms with E-state index in [0.29, 0.717) is 18.2 Å². The van der Waals surface area contributed by atoms with Crippen LogP contribution in [0.5, 0.6) is 5.75 Å². The number of aromatic hydroxyl groups is 1. The first-order valence-corrected chi connectivity index (χ1v) is 12.0. The minimum Gasteiger partial charge on any atom is -0.508 e. The average molecular weight is 465 g/mol. The van der Waals surface area contributed by atoms with Gasteiger partial charge in [-0.25, -0.2) is 0 Å². The van der Waals surface area contributed by atoms with E-state index in [0.717, 1.165) is 46.9 Å². The van der Waals surface area contributed by atoms with Crippen molar-refractivity contribution in [3.8, 4) is 5.75 Å². The van der Waals surface area contributed by atoms with Crippen LogP contribution in [-0.4, -0.2) is 34.5 Å². The summed E-state index contributed by atoms with van der Waals surface area (Å²) >= 11 is 0. The smallest absolute Gasteiger partial charge is 0.150 e. The lowest BCUT2D eigenvalue weighted by atomic mass is 9.92. The Hall–Kier alpha value is -3.87. The largest absolute Gasteiger partial charge is 0.508 e. The molecule has 2 atom stereocenters. The van der Waals surface area contributed by atoms with E-state index in [-0.39, 0.29) is 11.8 Å². The zero-order valence-corrected chi connectivity index (χ0v) is 19.6. The molecule has 6 rings (SSSR count). The summed E-state index contributed by atoms with van der Waals surface area (Å²) in [6.07, 6.45) is 2.81. The molecule has 2 heterocycles. The van der Waals surface area contributed by atoms with Crippen molar-refractivity contribution in [2.24, 2.45) is 0 Å². The monoisotopic (exact) mass is 464 g/mol. The van der Waals surface area contributed by atoms with Crippen molar-refractivity contribution in [3.05, 3.63) is 100 Å². The van der Waals surface area contributed by atoms with Gasteiger partial charge in [0.15, 0.2) is 0 Å². The fourth-order valence-electron chi connectivity index (χ4n) is 5.68. The van der Waals surface area contributed by atoms with Gasteiger partial charge in [-0.2, -0.15) is 0 Å². The van der Waals surface area contributed by atoms with Gasteiger partial charge in [0.25, 0.3) is 0 Å². The molecule has 0 aliphatic heterocycles. The second kappa shape index (κ2) is 8.73. The number of carbonyl (C=O) groups is 1. The van der Waals surface area contributed by atoms with E-state index < -0.39 is 0 Å². The van der Waals surface area contributed by atoms with Gasteiger partial charge in [-0.15, -0.1) is 0 Å². The molecule has 0 saturated carbocycles. The SMILES string of the molecule is CNC(c1cc(O)ccc1C=O)c1c(CNC2Cc3[nH]c4ccccc4c3C2)[nH]c2ccccc12. The summed E-state index contributed by atoms with van der Waals surface area (Å²) < 4.78 is 0.